The molecule has 1 aromatic heterocycles. The lowest BCUT2D eigenvalue weighted by atomic mass is 9.76. The normalized spacial score (nSPS) is 22.9. The zero-order chi connectivity index (χ0) is 36.5. The Morgan fingerprint density at radius 3 is 2.71 bits per heavy atom. The van der Waals surface area contributed by atoms with Gasteiger partial charge in [-0.25, -0.2) is 0 Å². The monoisotopic (exact) mass is 733 g/mol. The van der Waals surface area contributed by atoms with Crippen LogP contribution < -0.4 is 9.47 Å². The van der Waals surface area contributed by atoms with E-state index in [1.54, 1.807) is 25.3 Å². The number of β-amino-alcohol motifs (C(OH)–C–C–N with tert-alkyl or cyclic N) is 1. The summed E-state index contributed by atoms with van der Waals surface area (Å²) in [7, 11) is 0. The molecular formula is C39H41Cl2N3O7. The number of esters is 1. The Morgan fingerprint density at radius 2 is 1.96 bits per heavy atom. The molecule has 5 rings (SSSR count). The van der Waals surface area contributed by atoms with E-state index in [1.807, 2.05) is 61.6 Å². The number of nitrogens with zero attached hydrogens (tertiary/aromatic N) is 3. The van der Waals surface area contributed by atoms with Crippen molar-refractivity contribution in [1.82, 2.24) is 9.88 Å². The second kappa shape index (κ2) is 16.9. The Balaban J connectivity index is 1.32. The number of alkyl halides is 1. The number of carbonyl (C=O) groups excluding carboxylic acids is 2. The number of aliphatic hydroxyl groups is 1. The number of likely N-dealkylation sites (tertiary alicyclic amines) is 1. The molecule has 0 saturated carbocycles. The number of hydrogen-bond donors (Lipinski definition) is 1. The number of allylic oxidation sites excluding steroid dienone is 2. The first-order valence-electron chi connectivity index (χ1n) is 16.8. The minimum atomic E-state index is -1.17. The van der Waals surface area contributed by atoms with E-state index in [4.69, 9.17) is 42.1 Å². The maximum Gasteiger partial charge on any atom is 0.308 e. The first kappa shape index (κ1) is 38.0. The smallest absolute Gasteiger partial charge is 0.308 e. The summed E-state index contributed by atoms with van der Waals surface area (Å²) in [5, 5.41) is 20.4. The molecule has 12 heteroatoms. The molecule has 0 radical (unpaired) electrons. The lowest BCUT2D eigenvalue weighted by molar-refractivity contribution is -0.148. The minimum absolute atomic E-state index is 0.0347. The molecule has 1 saturated heterocycles. The van der Waals surface area contributed by atoms with E-state index in [0.717, 1.165) is 11.1 Å². The molecule has 0 spiro atoms. The van der Waals surface area contributed by atoms with Crippen LogP contribution in [0.4, 0.5) is 0 Å². The van der Waals surface area contributed by atoms with E-state index in [-0.39, 0.29) is 48.3 Å². The largest absolute Gasteiger partial charge is 0.488 e. The second-order valence-corrected chi connectivity index (χ2v) is 14.0. The molecule has 2 aliphatic rings. The molecule has 3 aromatic rings. The van der Waals surface area contributed by atoms with Crippen LogP contribution in [-0.4, -0.2) is 82.8 Å². The van der Waals surface area contributed by atoms with Gasteiger partial charge in [0.15, 0.2) is 6.29 Å². The third-order valence-electron chi connectivity index (χ3n) is 9.13. The van der Waals surface area contributed by atoms with Crippen LogP contribution in [0.15, 0.2) is 79.2 Å². The minimum Gasteiger partial charge on any atom is -0.488 e. The molecule has 2 aromatic carbocycles. The van der Waals surface area contributed by atoms with Crippen molar-refractivity contribution < 1.29 is 33.6 Å². The molecule has 0 bridgehead atoms. The van der Waals surface area contributed by atoms with Gasteiger partial charge in [0.2, 0.25) is 0 Å². The SMILES string of the molecule is CCOC(=O)CC1(O)CCN(CCCOC2(COc3cc(OCc4cncc(C#N)c4)c(C=O)cc3Cl)C=CC=C(c3ccccc3)C2(C)Cl)C1. The second-order valence-electron chi connectivity index (χ2n) is 12.8. The van der Waals surface area contributed by atoms with Crippen molar-refractivity contribution in [2.24, 2.45) is 0 Å². The summed E-state index contributed by atoms with van der Waals surface area (Å²) in [5.41, 5.74) is 0.773. The quantitative estimate of drug-likeness (QED) is 0.0747. The van der Waals surface area contributed by atoms with Gasteiger partial charge in [0.1, 0.15) is 41.3 Å². The number of nitriles is 1. The number of pyridine rings is 1. The Hall–Kier alpha value is -4.24. The Labute approximate surface area is 308 Å². The van der Waals surface area contributed by atoms with Crippen molar-refractivity contribution in [2.75, 3.05) is 39.5 Å². The van der Waals surface area contributed by atoms with Gasteiger partial charge in [-0.3, -0.25) is 14.6 Å². The number of carbonyl (C=O) groups is 2. The predicted octanol–water partition coefficient (Wildman–Crippen LogP) is 6.56. The Morgan fingerprint density at radius 1 is 1.16 bits per heavy atom. The lowest BCUT2D eigenvalue weighted by Crippen LogP contribution is -2.55. The molecule has 1 fully saturated rings. The molecule has 1 aliphatic carbocycles. The third-order valence-corrected chi connectivity index (χ3v) is 9.95. The van der Waals surface area contributed by atoms with Crippen LogP contribution in [0.25, 0.3) is 5.57 Å². The molecule has 0 amide bonds. The zero-order valence-corrected chi connectivity index (χ0v) is 30.2. The fourth-order valence-corrected chi connectivity index (χ4v) is 6.96. The van der Waals surface area contributed by atoms with Crippen LogP contribution >= 0.6 is 23.2 Å². The molecule has 10 nitrogen and oxygen atoms in total. The Bertz CT molecular complexity index is 1810. The van der Waals surface area contributed by atoms with Crippen LogP contribution in [0.3, 0.4) is 0 Å². The summed E-state index contributed by atoms with van der Waals surface area (Å²) in [6.07, 6.45) is 10.5. The van der Waals surface area contributed by atoms with Gasteiger partial charge in [0.25, 0.3) is 0 Å². The highest BCUT2D eigenvalue weighted by Gasteiger charge is 2.51. The summed E-state index contributed by atoms with van der Waals surface area (Å²) in [6, 6.07) is 16.5. The average Bonchev–Trinajstić information content (AvgIpc) is 3.49. The summed E-state index contributed by atoms with van der Waals surface area (Å²) in [4.78, 5) is 29.0. The molecule has 1 aliphatic heterocycles. The van der Waals surface area contributed by atoms with Crippen molar-refractivity contribution in [3.63, 3.8) is 0 Å². The average molecular weight is 735 g/mol. The van der Waals surface area contributed by atoms with E-state index < -0.39 is 22.0 Å². The van der Waals surface area contributed by atoms with Crippen LogP contribution in [0.2, 0.25) is 5.02 Å². The van der Waals surface area contributed by atoms with Crippen molar-refractivity contribution in [3.05, 3.63) is 106 Å². The van der Waals surface area contributed by atoms with Gasteiger partial charge in [0, 0.05) is 50.3 Å². The highest BCUT2D eigenvalue weighted by atomic mass is 35.5. The van der Waals surface area contributed by atoms with Crippen molar-refractivity contribution in [1.29, 1.82) is 5.26 Å². The molecule has 2 heterocycles. The van der Waals surface area contributed by atoms with Crippen molar-refractivity contribution >= 4 is 41.0 Å². The van der Waals surface area contributed by atoms with E-state index >= 15 is 0 Å². The number of ether oxygens (including phenoxy) is 4. The Kier molecular flexibility index (Phi) is 12.6. The van der Waals surface area contributed by atoms with Gasteiger partial charge in [-0.2, -0.15) is 5.26 Å². The third kappa shape index (κ3) is 9.17. The summed E-state index contributed by atoms with van der Waals surface area (Å²) in [5.74, 6) is 0.105. The van der Waals surface area contributed by atoms with Gasteiger partial charge >= 0.3 is 5.97 Å². The zero-order valence-electron chi connectivity index (χ0n) is 28.6. The van der Waals surface area contributed by atoms with E-state index in [1.165, 1.54) is 12.3 Å². The lowest BCUT2D eigenvalue weighted by Gasteiger charge is -2.45. The van der Waals surface area contributed by atoms with Gasteiger partial charge < -0.3 is 29.0 Å². The molecular weight excluding hydrogens is 693 g/mol. The maximum atomic E-state index is 12.0. The fourth-order valence-electron chi connectivity index (χ4n) is 6.39. The fraction of sp³-hybridized carbons (Fsp3) is 0.385. The number of rotatable bonds is 16. The molecule has 51 heavy (non-hydrogen) atoms. The first-order valence-corrected chi connectivity index (χ1v) is 17.5. The molecule has 1 N–H and O–H groups in total. The van der Waals surface area contributed by atoms with Crippen molar-refractivity contribution in [3.8, 4) is 17.6 Å². The van der Waals surface area contributed by atoms with Gasteiger partial charge in [0.05, 0.1) is 34.8 Å². The van der Waals surface area contributed by atoms with Gasteiger partial charge in [-0.05, 0) is 56.0 Å². The number of halogens is 2. The molecule has 3 unspecified atom stereocenters. The van der Waals surface area contributed by atoms with Crippen LogP contribution in [-0.2, 0) is 20.9 Å². The van der Waals surface area contributed by atoms with E-state index in [2.05, 4.69) is 9.88 Å². The molecule has 268 valence electrons. The number of benzene rings is 2. The van der Waals surface area contributed by atoms with E-state index in [9.17, 15) is 20.0 Å². The van der Waals surface area contributed by atoms with Crippen molar-refractivity contribution in [2.45, 2.75) is 55.8 Å². The summed E-state index contributed by atoms with van der Waals surface area (Å²) >= 11 is 14.1. The topological polar surface area (TPSA) is 131 Å². The summed E-state index contributed by atoms with van der Waals surface area (Å²) < 4.78 is 24.1. The highest BCUT2D eigenvalue weighted by Crippen LogP contribution is 2.47. The summed E-state index contributed by atoms with van der Waals surface area (Å²) in [6.45, 7) is 5.91. The van der Waals surface area contributed by atoms with E-state index in [0.29, 0.717) is 56.5 Å². The molecule has 3 atom stereocenters. The standard InChI is InChI=1S/C39H41Cl2N3O7/c1-3-48-36(46)20-38(47)13-15-44(26-38)14-8-16-51-39(12-7-11-32(37(39,2)41)30-9-5-4-6-10-30)27-50-35-19-34(31(24-45)18-33(35)40)49-25-29-17-28(21-42)22-43-23-29/h4-7,9-12,17-19,22-24,47H,3,8,13-16,20,25-27H2,1-2H3. The van der Waals surface area contributed by atoms with Crippen LogP contribution in [0, 0.1) is 11.3 Å². The number of aldehydes is 1. The maximum absolute atomic E-state index is 12.0. The first-order chi connectivity index (χ1) is 24.5. The van der Waals surface area contributed by atoms with Gasteiger partial charge in [-0.1, -0.05) is 54.1 Å². The highest BCUT2D eigenvalue weighted by molar-refractivity contribution is 6.32. The van der Waals surface area contributed by atoms with Crippen LogP contribution in [0.5, 0.6) is 11.5 Å². The predicted molar refractivity (Wildman–Crippen MR) is 194 cm³/mol. The number of hydrogen-bond acceptors (Lipinski definition) is 10. The van der Waals surface area contributed by atoms with Crippen LogP contribution in [0.1, 0.15) is 60.2 Å². The van der Waals surface area contributed by atoms with Gasteiger partial charge in [-0.15, -0.1) is 11.6 Å². The number of aromatic nitrogens is 1.